The second-order valence-electron chi connectivity index (χ2n) is 5.13. The summed E-state index contributed by atoms with van der Waals surface area (Å²) >= 11 is 8.07. The molecule has 0 bridgehead atoms. The third-order valence-electron chi connectivity index (χ3n) is 3.48. The van der Waals surface area contributed by atoms with Crippen molar-refractivity contribution < 1.29 is 8.42 Å². The van der Waals surface area contributed by atoms with Crippen molar-refractivity contribution >= 4 is 65.6 Å². The molecule has 23 heavy (non-hydrogen) atoms. The fraction of sp³-hybridized carbons (Fsp3) is 0.125. The van der Waals surface area contributed by atoms with Crippen LogP contribution in [0.1, 0.15) is 16.4 Å². The van der Waals surface area contributed by atoms with Crippen LogP contribution in [0.15, 0.2) is 62.1 Å². The summed E-state index contributed by atoms with van der Waals surface area (Å²) < 4.78 is 25.2. The molecule has 0 aromatic heterocycles. The third kappa shape index (κ3) is 3.85. The van der Waals surface area contributed by atoms with Crippen LogP contribution in [-0.4, -0.2) is 14.7 Å². The van der Waals surface area contributed by atoms with Crippen LogP contribution in [-0.2, 0) is 9.84 Å². The zero-order valence-corrected chi connectivity index (χ0v) is 17.0. The standard InChI is InChI=1S/C16H13BrO2S4/c1-23(18,19)13-8-4-11(5-9-13)15-14(16(20)22-21-15)10-2-6-12(17)7-3-10/h2-9,15,20H,1H3. The lowest BCUT2D eigenvalue weighted by molar-refractivity contribution is 0.602. The Morgan fingerprint density at radius 2 is 1.65 bits per heavy atom. The molecular weight excluding hydrogens is 432 g/mol. The number of thiol groups is 1. The zero-order valence-electron chi connectivity index (χ0n) is 12.1. The van der Waals surface area contributed by atoms with E-state index in [0.717, 1.165) is 19.8 Å². The van der Waals surface area contributed by atoms with Crippen molar-refractivity contribution in [2.24, 2.45) is 0 Å². The first kappa shape index (κ1) is 17.5. The van der Waals surface area contributed by atoms with Gasteiger partial charge in [0.05, 0.1) is 14.4 Å². The van der Waals surface area contributed by atoms with E-state index >= 15 is 0 Å². The zero-order chi connectivity index (χ0) is 16.6. The van der Waals surface area contributed by atoms with Gasteiger partial charge in [0.25, 0.3) is 0 Å². The van der Waals surface area contributed by atoms with E-state index in [9.17, 15) is 8.42 Å². The Bertz CT molecular complexity index is 856. The molecule has 0 radical (unpaired) electrons. The van der Waals surface area contributed by atoms with Gasteiger partial charge in [0.1, 0.15) is 0 Å². The number of hydrogen-bond acceptors (Lipinski definition) is 5. The highest BCUT2D eigenvalue weighted by Gasteiger charge is 2.28. The van der Waals surface area contributed by atoms with Crippen LogP contribution in [0, 0.1) is 0 Å². The fourth-order valence-corrected chi connectivity index (χ4v) is 6.60. The molecule has 0 N–H and O–H groups in total. The lowest BCUT2D eigenvalue weighted by Crippen LogP contribution is -1.99. The Balaban J connectivity index is 1.98. The second-order valence-corrected chi connectivity index (χ2v) is 11.1. The van der Waals surface area contributed by atoms with E-state index in [4.69, 9.17) is 0 Å². The van der Waals surface area contributed by atoms with Gasteiger partial charge in [-0.3, -0.25) is 0 Å². The highest BCUT2D eigenvalue weighted by atomic mass is 79.9. The lowest BCUT2D eigenvalue weighted by Gasteiger charge is -2.15. The van der Waals surface area contributed by atoms with Crippen LogP contribution < -0.4 is 0 Å². The van der Waals surface area contributed by atoms with E-state index in [2.05, 4.69) is 40.7 Å². The molecule has 1 atom stereocenters. The molecule has 0 amide bonds. The Morgan fingerprint density at radius 3 is 2.22 bits per heavy atom. The van der Waals surface area contributed by atoms with Crippen LogP contribution in [0.4, 0.5) is 0 Å². The van der Waals surface area contributed by atoms with E-state index in [-0.39, 0.29) is 5.25 Å². The molecule has 1 aliphatic heterocycles. The van der Waals surface area contributed by atoms with Gasteiger partial charge >= 0.3 is 0 Å². The molecule has 120 valence electrons. The van der Waals surface area contributed by atoms with Gasteiger partial charge in [0, 0.05) is 10.7 Å². The van der Waals surface area contributed by atoms with Gasteiger partial charge in [0.15, 0.2) is 9.84 Å². The first-order valence-electron chi connectivity index (χ1n) is 6.68. The van der Waals surface area contributed by atoms with Crippen LogP contribution >= 0.6 is 50.1 Å². The van der Waals surface area contributed by atoms with E-state index in [1.165, 1.54) is 11.8 Å². The van der Waals surface area contributed by atoms with Gasteiger partial charge in [-0.2, -0.15) is 0 Å². The van der Waals surface area contributed by atoms with Crippen molar-refractivity contribution in [3.63, 3.8) is 0 Å². The normalized spacial score (nSPS) is 18.5. The molecule has 1 unspecified atom stereocenters. The molecule has 0 aliphatic carbocycles. The van der Waals surface area contributed by atoms with E-state index in [1.807, 2.05) is 24.3 Å². The number of rotatable bonds is 3. The molecule has 0 spiro atoms. The highest BCUT2D eigenvalue weighted by Crippen LogP contribution is 2.59. The molecular formula is C16H13BrO2S4. The minimum atomic E-state index is -3.17. The third-order valence-corrected chi connectivity index (χ3v) is 8.56. The van der Waals surface area contributed by atoms with Gasteiger partial charge < -0.3 is 0 Å². The van der Waals surface area contributed by atoms with E-state index < -0.39 is 9.84 Å². The minimum Gasteiger partial charge on any atom is -0.224 e. The Morgan fingerprint density at radius 1 is 1.04 bits per heavy atom. The first-order chi connectivity index (χ1) is 10.9. The van der Waals surface area contributed by atoms with Gasteiger partial charge in [0.2, 0.25) is 0 Å². The topological polar surface area (TPSA) is 34.1 Å². The molecule has 2 aromatic carbocycles. The molecule has 7 heteroatoms. The summed E-state index contributed by atoms with van der Waals surface area (Å²) in [5.41, 5.74) is 3.38. The summed E-state index contributed by atoms with van der Waals surface area (Å²) in [6.07, 6.45) is 1.22. The van der Waals surface area contributed by atoms with Crippen molar-refractivity contribution in [1.82, 2.24) is 0 Å². The average molecular weight is 445 g/mol. The highest BCUT2D eigenvalue weighted by molar-refractivity contribution is 9.10. The number of sulfone groups is 1. The van der Waals surface area contributed by atoms with E-state index in [1.54, 1.807) is 33.7 Å². The van der Waals surface area contributed by atoms with Crippen molar-refractivity contribution in [1.29, 1.82) is 0 Å². The summed E-state index contributed by atoms with van der Waals surface area (Å²) in [7, 11) is 0.208. The predicted octanol–water partition coefficient (Wildman–Crippen LogP) is 5.59. The minimum absolute atomic E-state index is 0.141. The summed E-state index contributed by atoms with van der Waals surface area (Å²) in [5, 5.41) is 0.141. The summed E-state index contributed by atoms with van der Waals surface area (Å²) in [6, 6.07) is 15.3. The molecule has 0 fully saturated rings. The quantitative estimate of drug-likeness (QED) is 0.494. The Kier molecular flexibility index (Phi) is 5.23. The SMILES string of the molecule is CS(=O)(=O)c1ccc(C2SSC(S)=C2c2ccc(Br)cc2)cc1. The van der Waals surface area contributed by atoms with Crippen LogP contribution in [0.3, 0.4) is 0 Å². The lowest BCUT2D eigenvalue weighted by atomic mass is 9.99. The largest absolute Gasteiger partial charge is 0.224 e. The van der Waals surface area contributed by atoms with Crippen molar-refractivity contribution in [3.05, 3.63) is 68.4 Å². The summed E-state index contributed by atoms with van der Waals surface area (Å²) in [6.45, 7) is 0. The van der Waals surface area contributed by atoms with Gasteiger partial charge in [-0.05, 0) is 51.8 Å². The Labute approximate surface area is 158 Å². The smallest absolute Gasteiger partial charge is 0.175 e. The van der Waals surface area contributed by atoms with Crippen molar-refractivity contribution in [2.45, 2.75) is 10.1 Å². The number of benzene rings is 2. The monoisotopic (exact) mass is 444 g/mol. The maximum Gasteiger partial charge on any atom is 0.175 e. The van der Waals surface area contributed by atoms with Crippen molar-refractivity contribution in [3.8, 4) is 0 Å². The molecule has 1 aliphatic rings. The first-order valence-corrected chi connectivity index (χ1v) is 12.0. The summed E-state index contributed by atoms with van der Waals surface area (Å²) in [5.74, 6) is 0. The van der Waals surface area contributed by atoms with Crippen LogP contribution in [0.2, 0.25) is 0 Å². The van der Waals surface area contributed by atoms with Crippen LogP contribution in [0.5, 0.6) is 0 Å². The number of hydrogen-bond donors (Lipinski definition) is 1. The maximum atomic E-state index is 11.6. The number of halogens is 1. The van der Waals surface area contributed by atoms with Gasteiger partial charge in [-0.15, -0.1) is 12.6 Å². The molecule has 2 aromatic rings. The molecule has 0 saturated heterocycles. The van der Waals surface area contributed by atoms with E-state index in [0.29, 0.717) is 4.90 Å². The Hall–Kier alpha value is -0.340. The molecule has 3 rings (SSSR count). The van der Waals surface area contributed by atoms with Gasteiger partial charge in [-0.25, -0.2) is 8.42 Å². The predicted molar refractivity (Wildman–Crippen MR) is 108 cm³/mol. The van der Waals surface area contributed by atoms with Crippen molar-refractivity contribution in [2.75, 3.05) is 6.26 Å². The molecule has 1 heterocycles. The summed E-state index contributed by atoms with van der Waals surface area (Å²) in [4.78, 5) is 0.345. The molecule has 2 nitrogen and oxygen atoms in total. The molecule has 0 saturated carbocycles. The van der Waals surface area contributed by atoms with Gasteiger partial charge in [-0.1, -0.05) is 51.0 Å². The second kappa shape index (κ2) is 6.88. The average Bonchev–Trinajstić information content (AvgIpc) is 2.89. The van der Waals surface area contributed by atoms with Crippen LogP contribution in [0.25, 0.3) is 5.57 Å². The fourth-order valence-electron chi connectivity index (χ4n) is 2.32. The maximum absolute atomic E-state index is 11.6.